The van der Waals surface area contributed by atoms with E-state index in [1.165, 1.54) is 0 Å². The normalized spacial score (nSPS) is 27.5. The number of anilines is 1. The number of rotatable bonds is 4. The van der Waals surface area contributed by atoms with Crippen molar-refractivity contribution in [3.8, 4) is 0 Å². The van der Waals surface area contributed by atoms with Crippen molar-refractivity contribution in [2.75, 3.05) is 16.5 Å². The molecule has 1 saturated carbocycles. The Hall–Kier alpha value is -2.06. The first-order chi connectivity index (χ1) is 11.5. The lowest BCUT2D eigenvalue weighted by Gasteiger charge is -2.28. The third-order valence-electron chi connectivity index (χ3n) is 4.64. The predicted molar refractivity (Wildman–Crippen MR) is 90.2 cm³/mol. The number of benzene rings is 1. The Balaban J connectivity index is 1.64. The number of hydrogen-bond donors (Lipinski definition) is 2. The van der Waals surface area contributed by atoms with E-state index in [0.717, 1.165) is 18.5 Å². The first kappa shape index (κ1) is 15.5. The molecule has 2 aliphatic heterocycles. The summed E-state index contributed by atoms with van der Waals surface area (Å²) in [5, 5.41) is 1.70. The van der Waals surface area contributed by atoms with Gasteiger partial charge in [0, 0.05) is 18.3 Å². The van der Waals surface area contributed by atoms with Crippen LogP contribution in [0.5, 0.6) is 0 Å². The first-order valence-corrected chi connectivity index (χ1v) is 9.96. The van der Waals surface area contributed by atoms with E-state index in [0.29, 0.717) is 18.2 Å². The second-order valence-electron chi connectivity index (χ2n) is 6.49. The maximum absolute atomic E-state index is 12.3. The second kappa shape index (κ2) is 5.78. The summed E-state index contributed by atoms with van der Waals surface area (Å²) in [5.74, 6) is 0.190. The lowest BCUT2D eigenvalue weighted by Crippen LogP contribution is -2.37. The third kappa shape index (κ3) is 2.99. The van der Waals surface area contributed by atoms with Crippen LogP contribution in [0.4, 0.5) is 5.69 Å². The summed E-state index contributed by atoms with van der Waals surface area (Å²) < 4.78 is 23.7. The lowest BCUT2D eigenvalue weighted by atomic mass is 10.2. The summed E-state index contributed by atoms with van der Waals surface area (Å²) in [5.41, 5.74) is 6.81. The number of para-hydroxylation sites is 1. The minimum Gasteiger partial charge on any atom is -0.368 e. The van der Waals surface area contributed by atoms with Crippen molar-refractivity contribution in [1.82, 2.24) is 15.9 Å². The predicted octanol–water partition coefficient (Wildman–Crippen LogP) is 0.535. The van der Waals surface area contributed by atoms with Gasteiger partial charge < -0.3 is 4.90 Å². The van der Waals surface area contributed by atoms with Gasteiger partial charge in [-0.05, 0) is 31.4 Å². The SMILES string of the molecule is O=C1NNN(c2ccccc2)C1=CN(C1CC1)C1CCS(=O)(=O)C1. The molecule has 3 aliphatic rings. The summed E-state index contributed by atoms with van der Waals surface area (Å²) in [6.07, 6.45) is 4.54. The quantitative estimate of drug-likeness (QED) is 0.773. The highest BCUT2D eigenvalue weighted by Gasteiger charge is 2.39. The Morgan fingerprint density at radius 1 is 1.12 bits per heavy atom. The van der Waals surface area contributed by atoms with Crippen LogP contribution in [0.3, 0.4) is 0 Å². The molecule has 0 aromatic heterocycles. The van der Waals surface area contributed by atoms with Crippen molar-refractivity contribution in [2.24, 2.45) is 0 Å². The van der Waals surface area contributed by atoms with Crippen molar-refractivity contribution in [1.29, 1.82) is 0 Å². The van der Waals surface area contributed by atoms with Gasteiger partial charge in [0.15, 0.2) is 9.84 Å². The number of hydrogen-bond acceptors (Lipinski definition) is 6. The zero-order chi connectivity index (χ0) is 16.7. The molecule has 24 heavy (non-hydrogen) atoms. The number of sulfone groups is 1. The van der Waals surface area contributed by atoms with Crippen LogP contribution in [0.25, 0.3) is 0 Å². The molecule has 1 atom stereocenters. The second-order valence-corrected chi connectivity index (χ2v) is 8.72. The first-order valence-electron chi connectivity index (χ1n) is 8.14. The largest absolute Gasteiger partial charge is 0.368 e. The molecule has 7 nitrogen and oxygen atoms in total. The van der Waals surface area contributed by atoms with Crippen LogP contribution in [-0.2, 0) is 14.6 Å². The van der Waals surface area contributed by atoms with E-state index in [-0.39, 0.29) is 23.5 Å². The van der Waals surface area contributed by atoms with Crippen LogP contribution in [0.15, 0.2) is 42.2 Å². The molecule has 1 unspecified atom stereocenters. The number of amides is 1. The van der Waals surface area contributed by atoms with Gasteiger partial charge in [0.1, 0.15) is 5.70 Å². The minimum atomic E-state index is -2.96. The van der Waals surface area contributed by atoms with Crippen LogP contribution in [0.2, 0.25) is 0 Å². The summed E-state index contributed by atoms with van der Waals surface area (Å²) in [6, 6.07) is 9.82. The van der Waals surface area contributed by atoms with E-state index in [4.69, 9.17) is 0 Å². The standard InChI is InChI=1S/C16H20N4O3S/c21-16-15(20(18-17-16)13-4-2-1-3-5-13)10-19(12-6-7-12)14-8-9-24(22,23)11-14/h1-5,10,12,14,18H,6-9,11H2,(H,17,21). The third-order valence-corrected chi connectivity index (χ3v) is 6.39. The molecule has 2 N–H and O–H groups in total. The fourth-order valence-corrected chi connectivity index (χ4v) is 4.99. The smallest absolute Gasteiger partial charge is 0.286 e. The van der Waals surface area contributed by atoms with Gasteiger partial charge in [-0.25, -0.2) is 8.42 Å². The van der Waals surface area contributed by atoms with Gasteiger partial charge in [0.05, 0.1) is 17.2 Å². The minimum absolute atomic E-state index is 0.0407. The highest BCUT2D eigenvalue weighted by Crippen LogP contribution is 2.33. The average molecular weight is 348 g/mol. The maximum atomic E-state index is 12.3. The Morgan fingerprint density at radius 2 is 1.88 bits per heavy atom. The molecule has 1 aliphatic carbocycles. The molecule has 0 radical (unpaired) electrons. The van der Waals surface area contributed by atoms with Gasteiger partial charge >= 0.3 is 0 Å². The molecule has 1 aromatic rings. The Kier molecular flexibility index (Phi) is 3.73. The maximum Gasteiger partial charge on any atom is 0.286 e. The van der Waals surface area contributed by atoms with Crippen LogP contribution >= 0.6 is 0 Å². The van der Waals surface area contributed by atoms with Gasteiger partial charge in [-0.15, -0.1) is 5.53 Å². The van der Waals surface area contributed by atoms with Crippen LogP contribution in [-0.4, -0.2) is 42.8 Å². The van der Waals surface area contributed by atoms with Crippen molar-refractivity contribution >= 4 is 21.4 Å². The molecule has 1 aromatic carbocycles. The number of nitrogens with one attached hydrogen (secondary N) is 2. The topological polar surface area (TPSA) is 81.8 Å². The highest BCUT2D eigenvalue weighted by atomic mass is 32.2. The average Bonchev–Trinajstić information content (AvgIpc) is 3.25. The molecular weight excluding hydrogens is 328 g/mol. The van der Waals surface area contributed by atoms with Gasteiger partial charge in [0.25, 0.3) is 5.91 Å². The van der Waals surface area contributed by atoms with E-state index < -0.39 is 9.84 Å². The highest BCUT2D eigenvalue weighted by molar-refractivity contribution is 7.91. The summed E-state index contributed by atoms with van der Waals surface area (Å²) >= 11 is 0. The molecule has 1 amide bonds. The zero-order valence-corrected chi connectivity index (χ0v) is 14.0. The molecule has 3 fully saturated rings. The Morgan fingerprint density at radius 3 is 2.50 bits per heavy atom. The lowest BCUT2D eigenvalue weighted by molar-refractivity contribution is -0.116. The molecule has 4 rings (SSSR count). The molecule has 128 valence electrons. The van der Waals surface area contributed by atoms with Gasteiger partial charge in [0.2, 0.25) is 0 Å². The molecule has 8 heteroatoms. The van der Waals surface area contributed by atoms with E-state index in [2.05, 4.69) is 15.9 Å². The Labute approximate surface area is 141 Å². The van der Waals surface area contributed by atoms with Crippen molar-refractivity contribution in [3.05, 3.63) is 42.2 Å². The molecule has 2 heterocycles. The van der Waals surface area contributed by atoms with E-state index in [9.17, 15) is 13.2 Å². The van der Waals surface area contributed by atoms with E-state index in [1.54, 1.807) is 5.01 Å². The molecule has 0 spiro atoms. The summed E-state index contributed by atoms with van der Waals surface area (Å²) in [7, 11) is -2.96. The molecule has 2 saturated heterocycles. The molecule has 0 bridgehead atoms. The van der Waals surface area contributed by atoms with Crippen LogP contribution in [0, 0.1) is 0 Å². The molecular formula is C16H20N4O3S. The number of carbonyl (C=O) groups excluding carboxylic acids is 1. The van der Waals surface area contributed by atoms with E-state index >= 15 is 0 Å². The summed E-state index contributed by atoms with van der Waals surface area (Å²) in [6.45, 7) is 0. The van der Waals surface area contributed by atoms with Crippen molar-refractivity contribution in [3.63, 3.8) is 0 Å². The zero-order valence-electron chi connectivity index (χ0n) is 13.2. The van der Waals surface area contributed by atoms with Gasteiger partial charge in [-0.2, -0.15) is 0 Å². The fraction of sp³-hybridized carbons (Fsp3) is 0.438. The monoisotopic (exact) mass is 348 g/mol. The number of hydrazine groups is 2. The fourth-order valence-electron chi connectivity index (χ4n) is 3.26. The Bertz CT molecular complexity index is 774. The van der Waals surface area contributed by atoms with Crippen molar-refractivity contribution < 1.29 is 13.2 Å². The van der Waals surface area contributed by atoms with Crippen LogP contribution < -0.4 is 16.0 Å². The number of nitrogens with zero attached hydrogens (tertiary/aromatic N) is 2. The van der Waals surface area contributed by atoms with Gasteiger partial charge in [-0.1, -0.05) is 18.2 Å². The van der Waals surface area contributed by atoms with E-state index in [1.807, 2.05) is 36.5 Å². The number of carbonyl (C=O) groups is 1. The van der Waals surface area contributed by atoms with Crippen LogP contribution in [0.1, 0.15) is 19.3 Å². The van der Waals surface area contributed by atoms with Crippen molar-refractivity contribution in [2.45, 2.75) is 31.3 Å². The van der Waals surface area contributed by atoms with Gasteiger partial charge in [-0.3, -0.25) is 15.2 Å². The summed E-state index contributed by atoms with van der Waals surface area (Å²) in [4.78, 5) is 14.3.